The molecule has 0 spiro atoms. The van der Waals surface area contributed by atoms with Crippen LogP contribution in [0.15, 0.2) is 11.6 Å². The zero-order valence-electron chi connectivity index (χ0n) is 5.56. The molecule has 0 aromatic rings. The molecular weight excluding hydrogens is 148 g/mol. The highest BCUT2D eigenvalue weighted by Gasteiger charge is 2.08. The van der Waals surface area contributed by atoms with Crippen molar-refractivity contribution in [3.05, 3.63) is 11.6 Å². The molecule has 1 unspecified atom stereocenters. The van der Waals surface area contributed by atoms with Crippen LogP contribution in [0.4, 0.5) is 0 Å². The lowest BCUT2D eigenvalue weighted by Gasteiger charge is -2.15. The molecule has 1 aliphatic rings. The van der Waals surface area contributed by atoms with Crippen LogP contribution in [0.3, 0.4) is 0 Å². The van der Waals surface area contributed by atoms with Crippen molar-refractivity contribution in [1.82, 2.24) is 4.90 Å². The fourth-order valence-electron chi connectivity index (χ4n) is 0.738. The first-order valence-corrected chi connectivity index (χ1v) is 4.11. The molecule has 0 radical (unpaired) electrons. The second-order valence-corrected chi connectivity index (χ2v) is 3.02. The van der Waals surface area contributed by atoms with Gasteiger partial charge in [-0.25, -0.2) is 0 Å². The smallest absolute Gasteiger partial charge is 0.138 e. The van der Waals surface area contributed by atoms with E-state index in [4.69, 9.17) is 5.73 Å². The molecule has 0 fully saturated rings. The van der Waals surface area contributed by atoms with Gasteiger partial charge in [0, 0.05) is 12.7 Å². The summed E-state index contributed by atoms with van der Waals surface area (Å²) >= 11 is 1.71. The predicted molar refractivity (Wildman–Crippen MR) is 42.3 cm³/mol. The Labute approximate surface area is 64.3 Å². The van der Waals surface area contributed by atoms with Crippen molar-refractivity contribution < 1.29 is 4.79 Å². The van der Waals surface area contributed by atoms with Crippen molar-refractivity contribution in [2.45, 2.75) is 6.04 Å². The maximum absolute atomic E-state index is 10.1. The molecule has 0 amide bonds. The molecule has 3 nitrogen and oxygen atoms in total. The normalized spacial score (nSPS) is 19.5. The number of carbonyl (C=O) groups is 1. The summed E-state index contributed by atoms with van der Waals surface area (Å²) in [6.45, 7) is 0.632. The molecule has 1 atom stereocenters. The SMILES string of the molecule is NC(C=O)CN1C=CSC1. The molecule has 1 rings (SSSR count). The summed E-state index contributed by atoms with van der Waals surface area (Å²) in [5.41, 5.74) is 5.40. The first kappa shape index (κ1) is 7.63. The molecule has 10 heavy (non-hydrogen) atoms. The van der Waals surface area contributed by atoms with Crippen molar-refractivity contribution in [3.8, 4) is 0 Å². The Morgan fingerprint density at radius 2 is 2.70 bits per heavy atom. The number of thioether (sulfide) groups is 1. The van der Waals surface area contributed by atoms with Gasteiger partial charge in [-0.1, -0.05) is 0 Å². The Kier molecular flexibility index (Phi) is 2.77. The maximum atomic E-state index is 10.1. The lowest BCUT2D eigenvalue weighted by molar-refractivity contribution is -0.109. The summed E-state index contributed by atoms with van der Waals surface area (Å²) in [7, 11) is 0. The zero-order chi connectivity index (χ0) is 7.40. The van der Waals surface area contributed by atoms with E-state index in [1.807, 2.05) is 16.5 Å². The van der Waals surface area contributed by atoms with Crippen LogP contribution in [0, 0.1) is 0 Å². The van der Waals surface area contributed by atoms with Crippen LogP contribution in [0.5, 0.6) is 0 Å². The average molecular weight is 158 g/mol. The fourth-order valence-corrected chi connectivity index (χ4v) is 1.47. The van der Waals surface area contributed by atoms with E-state index in [0.29, 0.717) is 6.54 Å². The van der Waals surface area contributed by atoms with Gasteiger partial charge in [0.15, 0.2) is 0 Å². The number of nitrogens with two attached hydrogens (primary N) is 1. The van der Waals surface area contributed by atoms with E-state index >= 15 is 0 Å². The number of hydrogen-bond acceptors (Lipinski definition) is 4. The van der Waals surface area contributed by atoms with E-state index in [2.05, 4.69) is 0 Å². The van der Waals surface area contributed by atoms with Gasteiger partial charge in [0.2, 0.25) is 0 Å². The van der Waals surface area contributed by atoms with Gasteiger partial charge in [-0.05, 0) is 5.41 Å². The largest absolute Gasteiger partial charge is 0.365 e. The number of aldehydes is 1. The Morgan fingerprint density at radius 1 is 1.90 bits per heavy atom. The van der Waals surface area contributed by atoms with Crippen LogP contribution >= 0.6 is 11.8 Å². The maximum Gasteiger partial charge on any atom is 0.138 e. The van der Waals surface area contributed by atoms with Gasteiger partial charge in [0.25, 0.3) is 0 Å². The third-order valence-corrected chi connectivity index (χ3v) is 2.02. The highest BCUT2D eigenvalue weighted by atomic mass is 32.2. The monoisotopic (exact) mass is 158 g/mol. The lowest BCUT2D eigenvalue weighted by atomic mass is 10.3. The quantitative estimate of drug-likeness (QED) is 0.587. The molecule has 1 heterocycles. The highest BCUT2D eigenvalue weighted by Crippen LogP contribution is 2.14. The van der Waals surface area contributed by atoms with Crippen molar-refractivity contribution >= 4 is 18.0 Å². The third-order valence-electron chi connectivity index (χ3n) is 1.23. The van der Waals surface area contributed by atoms with Gasteiger partial charge < -0.3 is 15.4 Å². The highest BCUT2D eigenvalue weighted by molar-refractivity contribution is 8.02. The van der Waals surface area contributed by atoms with Gasteiger partial charge in [-0.2, -0.15) is 0 Å². The van der Waals surface area contributed by atoms with E-state index in [1.54, 1.807) is 11.8 Å². The van der Waals surface area contributed by atoms with Crippen LogP contribution < -0.4 is 5.73 Å². The standard InChI is InChI=1S/C6H10N2OS/c7-6(4-9)3-8-1-2-10-5-8/h1-2,4,6H,3,5,7H2. The van der Waals surface area contributed by atoms with Crippen molar-refractivity contribution in [2.24, 2.45) is 5.73 Å². The third kappa shape index (κ3) is 2.04. The summed E-state index contributed by atoms with van der Waals surface area (Å²) in [5.74, 6) is 0.918. The average Bonchev–Trinajstić information content (AvgIpc) is 2.40. The van der Waals surface area contributed by atoms with E-state index in [0.717, 1.165) is 12.2 Å². The Balaban J connectivity index is 2.24. The molecule has 56 valence electrons. The summed E-state index contributed by atoms with van der Waals surface area (Å²) < 4.78 is 0. The van der Waals surface area contributed by atoms with E-state index in [9.17, 15) is 4.79 Å². The van der Waals surface area contributed by atoms with Crippen molar-refractivity contribution in [2.75, 3.05) is 12.4 Å². The molecular formula is C6H10N2OS. The van der Waals surface area contributed by atoms with Crippen LogP contribution in [0.25, 0.3) is 0 Å². The minimum atomic E-state index is -0.344. The zero-order valence-corrected chi connectivity index (χ0v) is 6.38. The number of carbonyl (C=O) groups excluding carboxylic acids is 1. The van der Waals surface area contributed by atoms with E-state index in [1.165, 1.54) is 0 Å². The lowest BCUT2D eigenvalue weighted by Crippen LogP contribution is -2.34. The van der Waals surface area contributed by atoms with Crippen LogP contribution in [0.2, 0.25) is 0 Å². The summed E-state index contributed by atoms with van der Waals surface area (Å²) in [5, 5.41) is 2.00. The molecule has 1 aliphatic heterocycles. The molecule has 4 heteroatoms. The fraction of sp³-hybridized carbons (Fsp3) is 0.500. The topological polar surface area (TPSA) is 46.3 Å². The molecule has 2 N–H and O–H groups in total. The minimum absolute atomic E-state index is 0.344. The van der Waals surface area contributed by atoms with Crippen molar-refractivity contribution in [3.63, 3.8) is 0 Å². The van der Waals surface area contributed by atoms with E-state index in [-0.39, 0.29) is 6.04 Å². The Morgan fingerprint density at radius 3 is 3.20 bits per heavy atom. The second kappa shape index (κ2) is 3.63. The van der Waals surface area contributed by atoms with Crippen LogP contribution in [0.1, 0.15) is 0 Å². The van der Waals surface area contributed by atoms with Crippen molar-refractivity contribution in [1.29, 1.82) is 0 Å². The second-order valence-electron chi connectivity index (χ2n) is 2.15. The number of rotatable bonds is 3. The first-order valence-electron chi connectivity index (χ1n) is 3.06. The number of hydrogen-bond donors (Lipinski definition) is 1. The molecule has 0 bridgehead atoms. The Hall–Kier alpha value is -0.480. The Bertz CT molecular complexity index is 149. The minimum Gasteiger partial charge on any atom is -0.365 e. The van der Waals surface area contributed by atoms with Crippen LogP contribution in [-0.2, 0) is 4.79 Å². The first-order chi connectivity index (χ1) is 4.83. The van der Waals surface area contributed by atoms with Gasteiger partial charge >= 0.3 is 0 Å². The molecule has 0 saturated carbocycles. The summed E-state index contributed by atoms with van der Waals surface area (Å²) in [6, 6.07) is -0.344. The van der Waals surface area contributed by atoms with E-state index < -0.39 is 0 Å². The molecule has 0 aromatic carbocycles. The van der Waals surface area contributed by atoms with Gasteiger partial charge in [0.05, 0.1) is 11.9 Å². The number of nitrogens with zero attached hydrogens (tertiary/aromatic N) is 1. The van der Waals surface area contributed by atoms with Gasteiger partial charge in [0.1, 0.15) is 6.29 Å². The van der Waals surface area contributed by atoms with Crippen LogP contribution in [-0.4, -0.2) is 29.6 Å². The van der Waals surface area contributed by atoms with Gasteiger partial charge in [-0.3, -0.25) is 0 Å². The molecule has 0 aliphatic carbocycles. The summed E-state index contributed by atoms with van der Waals surface area (Å²) in [4.78, 5) is 12.1. The molecule has 0 aromatic heterocycles. The van der Waals surface area contributed by atoms with Gasteiger partial charge in [-0.15, -0.1) is 11.8 Å². The summed E-state index contributed by atoms with van der Waals surface area (Å²) in [6.07, 6.45) is 2.73. The molecule has 0 saturated heterocycles. The predicted octanol–water partition coefficient (Wildman–Crippen LogP) is -0.00990.